The molecule has 2 fully saturated rings. The summed E-state index contributed by atoms with van der Waals surface area (Å²) in [5.41, 5.74) is 1.95. The predicted octanol–water partition coefficient (Wildman–Crippen LogP) is 3.71. The first-order valence-corrected chi connectivity index (χ1v) is 8.68. The number of aryl methyl sites for hydroxylation is 1. The fourth-order valence-corrected chi connectivity index (χ4v) is 3.71. The molecular formula is C18H23N3O2. The molecule has 2 aromatic heterocycles. The molecular weight excluding hydrogens is 290 g/mol. The van der Waals surface area contributed by atoms with E-state index in [0.29, 0.717) is 23.4 Å². The van der Waals surface area contributed by atoms with Gasteiger partial charge < -0.3 is 9.42 Å². The first-order valence-electron chi connectivity index (χ1n) is 8.68. The van der Waals surface area contributed by atoms with E-state index in [1.54, 1.807) is 6.20 Å². The number of aromatic nitrogens is 2. The van der Waals surface area contributed by atoms with E-state index in [1.807, 2.05) is 13.0 Å². The van der Waals surface area contributed by atoms with Gasteiger partial charge in [0.1, 0.15) is 0 Å². The molecule has 0 saturated heterocycles. The number of amides is 1. The van der Waals surface area contributed by atoms with Gasteiger partial charge >= 0.3 is 0 Å². The van der Waals surface area contributed by atoms with Crippen molar-refractivity contribution in [3.8, 4) is 0 Å². The maximum Gasteiger partial charge on any atom is 0.257 e. The van der Waals surface area contributed by atoms with Crippen LogP contribution < -0.4 is 0 Å². The van der Waals surface area contributed by atoms with Gasteiger partial charge in [0, 0.05) is 18.3 Å². The minimum atomic E-state index is 0.127. The van der Waals surface area contributed by atoms with Gasteiger partial charge in [-0.25, -0.2) is 4.98 Å². The molecule has 0 spiro atoms. The molecule has 0 aromatic carbocycles. The summed E-state index contributed by atoms with van der Waals surface area (Å²) < 4.78 is 5.15. The van der Waals surface area contributed by atoms with Crippen LogP contribution >= 0.6 is 0 Å². The zero-order valence-corrected chi connectivity index (χ0v) is 13.8. The van der Waals surface area contributed by atoms with Gasteiger partial charge in [-0.15, -0.1) is 0 Å². The van der Waals surface area contributed by atoms with E-state index >= 15 is 0 Å². The Hall–Kier alpha value is -1.91. The zero-order valence-electron chi connectivity index (χ0n) is 13.8. The highest BCUT2D eigenvalue weighted by atomic mass is 16.5. The Kier molecular flexibility index (Phi) is 3.58. The molecule has 0 N–H and O–H groups in total. The lowest BCUT2D eigenvalue weighted by Crippen LogP contribution is -2.43. The fourth-order valence-electron chi connectivity index (χ4n) is 3.71. The van der Waals surface area contributed by atoms with Gasteiger partial charge in [0.2, 0.25) is 0 Å². The second-order valence-electron chi connectivity index (χ2n) is 7.20. The van der Waals surface area contributed by atoms with Crippen LogP contribution in [0.1, 0.15) is 61.5 Å². The second kappa shape index (κ2) is 5.62. The molecule has 2 aliphatic rings. The van der Waals surface area contributed by atoms with Crippen LogP contribution in [0.4, 0.5) is 0 Å². The molecule has 122 valence electrons. The van der Waals surface area contributed by atoms with E-state index in [4.69, 9.17) is 4.52 Å². The third kappa shape index (κ3) is 2.73. The molecule has 4 rings (SSSR count). The molecule has 1 amide bonds. The number of carbonyl (C=O) groups excluding carboxylic acids is 1. The van der Waals surface area contributed by atoms with Crippen molar-refractivity contribution in [2.24, 2.45) is 5.92 Å². The minimum Gasteiger partial charge on any atom is -0.336 e. The third-order valence-electron chi connectivity index (χ3n) is 5.31. The van der Waals surface area contributed by atoms with Crippen LogP contribution in [0.3, 0.4) is 0 Å². The van der Waals surface area contributed by atoms with Crippen LogP contribution in [0, 0.1) is 12.8 Å². The Bertz CT molecular complexity index is 727. The highest BCUT2D eigenvalue weighted by molar-refractivity contribution is 5.97. The molecule has 0 atom stereocenters. The topological polar surface area (TPSA) is 59.2 Å². The quantitative estimate of drug-likeness (QED) is 0.866. The lowest BCUT2D eigenvalue weighted by atomic mass is 9.86. The average molecular weight is 313 g/mol. The van der Waals surface area contributed by atoms with Crippen LogP contribution in [0.2, 0.25) is 0 Å². The SMILES string of the molecule is Cc1noc2ncc(C(=O)N(C3CCC(C)CC3)C3CC3)cc12. The standard InChI is InChI=1S/C18H23N3O2/c1-11-3-5-14(6-4-11)21(15-7-8-15)18(22)13-9-16-12(2)20-23-17(16)19-10-13/h9-11,14-15H,3-8H2,1-2H3. The third-order valence-corrected chi connectivity index (χ3v) is 5.31. The van der Waals surface area contributed by atoms with Gasteiger partial charge in [-0.3, -0.25) is 4.79 Å². The van der Waals surface area contributed by atoms with E-state index < -0.39 is 0 Å². The molecule has 23 heavy (non-hydrogen) atoms. The normalized spacial score (nSPS) is 24.8. The van der Waals surface area contributed by atoms with Gasteiger partial charge in [0.25, 0.3) is 11.6 Å². The second-order valence-corrected chi connectivity index (χ2v) is 7.20. The van der Waals surface area contributed by atoms with Crippen LogP contribution in [0.5, 0.6) is 0 Å². The van der Waals surface area contributed by atoms with Crippen molar-refractivity contribution in [2.75, 3.05) is 0 Å². The summed E-state index contributed by atoms with van der Waals surface area (Å²) in [6, 6.07) is 2.71. The highest BCUT2D eigenvalue weighted by Gasteiger charge is 2.39. The van der Waals surface area contributed by atoms with Crippen LogP contribution in [-0.2, 0) is 0 Å². The van der Waals surface area contributed by atoms with Crippen LogP contribution in [-0.4, -0.2) is 33.0 Å². The van der Waals surface area contributed by atoms with Crippen molar-refractivity contribution in [1.29, 1.82) is 0 Å². The molecule has 2 aromatic rings. The van der Waals surface area contributed by atoms with Crippen molar-refractivity contribution in [3.63, 3.8) is 0 Å². The lowest BCUT2D eigenvalue weighted by Gasteiger charge is -2.36. The first-order chi connectivity index (χ1) is 11.1. The number of rotatable bonds is 3. The number of hydrogen-bond donors (Lipinski definition) is 0. The smallest absolute Gasteiger partial charge is 0.257 e. The first kappa shape index (κ1) is 14.7. The lowest BCUT2D eigenvalue weighted by molar-refractivity contribution is 0.0593. The maximum atomic E-state index is 13.1. The van der Waals surface area contributed by atoms with E-state index in [-0.39, 0.29) is 5.91 Å². The van der Waals surface area contributed by atoms with Gasteiger partial charge in [0.15, 0.2) is 0 Å². The molecule has 0 radical (unpaired) electrons. The van der Waals surface area contributed by atoms with Gasteiger partial charge in [0.05, 0.1) is 16.6 Å². The van der Waals surface area contributed by atoms with Crippen molar-refractivity contribution >= 4 is 17.0 Å². The number of pyridine rings is 1. The van der Waals surface area contributed by atoms with Crippen molar-refractivity contribution < 1.29 is 9.32 Å². The molecule has 5 nitrogen and oxygen atoms in total. The number of nitrogens with zero attached hydrogens (tertiary/aromatic N) is 3. The van der Waals surface area contributed by atoms with Gasteiger partial charge in [-0.2, -0.15) is 0 Å². The number of fused-ring (bicyclic) bond motifs is 1. The number of carbonyl (C=O) groups is 1. The summed E-state index contributed by atoms with van der Waals surface area (Å²) in [5.74, 6) is 0.919. The summed E-state index contributed by atoms with van der Waals surface area (Å²) in [6.45, 7) is 4.19. The Morgan fingerprint density at radius 1 is 1.17 bits per heavy atom. The summed E-state index contributed by atoms with van der Waals surface area (Å²) >= 11 is 0. The molecule has 0 bridgehead atoms. The Morgan fingerprint density at radius 3 is 2.48 bits per heavy atom. The molecule has 5 heteroatoms. The summed E-state index contributed by atoms with van der Waals surface area (Å²) in [5, 5.41) is 4.76. The minimum absolute atomic E-state index is 0.127. The Morgan fingerprint density at radius 2 is 1.83 bits per heavy atom. The van der Waals surface area contributed by atoms with Crippen molar-refractivity contribution in [1.82, 2.24) is 15.0 Å². The zero-order chi connectivity index (χ0) is 16.0. The molecule has 2 aliphatic carbocycles. The van der Waals surface area contributed by atoms with E-state index in [9.17, 15) is 4.79 Å². The van der Waals surface area contributed by atoms with Crippen LogP contribution in [0.15, 0.2) is 16.8 Å². The van der Waals surface area contributed by atoms with Crippen LogP contribution in [0.25, 0.3) is 11.1 Å². The van der Waals surface area contributed by atoms with Crippen molar-refractivity contribution in [2.45, 2.75) is 64.5 Å². The van der Waals surface area contributed by atoms with E-state index in [2.05, 4.69) is 22.0 Å². The van der Waals surface area contributed by atoms with E-state index in [1.165, 1.54) is 12.8 Å². The maximum absolute atomic E-state index is 13.1. The van der Waals surface area contributed by atoms with E-state index in [0.717, 1.165) is 42.7 Å². The van der Waals surface area contributed by atoms with Crippen molar-refractivity contribution in [3.05, 3.63) is 23.5 Å². The molecule has 2 heterocycles. The summed E-state index contributed by atoms with van der Waals surface area (Å²) in [6.07, 6.45) is 8.62. The molecule has 0 aliphatic heterocycles. The predicted molar refractivity (Wildman–Crippen MR) is 87.2 cm³/mol. The molecule has 0 unspecified atom stereocenters. The number of hydrogen-bond acceptors (Lipinski definition) is 4. The average Bonchev–Trinajstić information content (AvgIpc) is 3.33. The van der Waals surface area contributed by atoms with Gasteiger partial charge in [-0.1, -0.05) is 12.1 Å². The Balaban J connectivity index is 1.62. The molecule has 2 saturated carbocycles. The summed E-state index contributed by atoms with van der Waals surface area (Å²) in [7, 11) is 0. The summed E-state index contributed by atoms with van der Waals surface area (Å²) in [4.78, 5) is 19.5. The monoisotopic (exact) mass is 313 g/mol. The highest BCUT2D eigenvalue weighted by Crippen LogP contribution is 2.36. The Labute approximate surface area is 136 Å². The largest absolute Gasteiger partial charge is 0.336 e. The van der Waals surface area contributed by atoms with Gasteiger partial charge in [-0.05, 0) is 57.4 Å². The fraction of sp³-hybridized carbons (Fsp3) is 0.611.